The van der Waals surface area contributed by atoms with E-state index in [0.717, 1.165) is 30.3 Å². The molecule has 12 heteroatoms. The van der Waals surface area contributed by atoms with E-state index < -0.39 is 67.0 Å². The fourth-order valence-electron chi connectivity index (χ4n) is 3.42. The summed E-state index contributed by atoms with van der Waals surface area (Å²) in [7, 11) is 0. The molecule has 0 saturated heterocycles. The van der Waals surface area contributed by atoms with E-state index in [-0.39, 0.29) is 23.1 Å². The quantitative estimate of drug-likeness (QED) is 0.205. The van der Waals surface area contributed by atoms with Crippen molar-refractivity contribution in [2.45, 2.75) is 55.7 Å². The zero-order chi connectivity index (χ0) is 28.0. The minimum Gasteiger partial charge on any atom is -0.394 e. The van der Waals surface area contributed by atoms with Gasteiger partial charge in [-0.1, -0.05) is 36.4 Å². The Bertz CT molecular complexity index is 1090. The number of hydrogen-bond acceptors (Lipinski definition) is 6. The number of hydrogen-bond donors (Lipinski definition) is 6. The van der Waals surface area contributed by atoms with Crippen LogP contribution in [0, 0.1) is 0 Å². The number of aliphatic hydroxyl groups is 6. The highest BCUT2D eigenvalue weighted by Crippen LogP contribution is 2.31. The fraction of sp³-hybridized carbons (Fsp3) is 0.400. The summed E-state index contributed by atoms with van der Waals surface area (Å²) in [5.41, 5.74) is 0.647. The molecule has 0 fully saturated rings. The first-order valence-corrected chi connectivity index (χ1v) is 10.9. The highest BCUT2D eigenvalue weighted by molar-refractivity contribution is 5.31. The Balaban J connectivity index is 2.41. The highest BCUT2D eigenvalue weighted by Gasteiger charge is 2.36. The first kappa shape index (κ1) is 30.5. The number of benzene rings is 2. The van der Waals surface area contributed by atoms with Gasteiger partial charge in [0.25, 0.3) is 0 Å². The van der Waals surface area contributed by atoms with Crippen molar-refractivity contribution in [2.24, 2.45) is 0 Å². The van der Waals surface area contributed by atoms with Crippen LogP contribution >= 0.6 is 0 Å². The number of rotatable bonds is 10. The van der Waals surface area contributed by atoms with Gasteiger partial charge in [0.1, 0.15) is 30.5 Å². The van der Waals surface area contributed by atoms with Crippen molar-refractivity contribution in [3.8, 4) is 0 Å². The molecule has 2 aromatic rings. The van der Waals surface area contributed by atoms with Gasteiger partial charge in [-0.2, -0.15) is 26.3 Å². The largest absolute Gasteiger partial charge is 0.416 e. The summed E-state index contributed by atoms with van der Waals surface area (Å²) in [4.78, 5) is 0. The molecule has 0 aliphatic carbocycles. The van der Waals surface area contributed by atoms with Crippen molar-refractivity contribution < 1.29 is 57.0 Å². The molecular weight excluding hydrogens is 510 g/mol. The minimum atomic E-state index is -4.67. The molecule has 0 aliphatic rings. The summed E-state index contributed by atoms with van der Waals surface area (Å²) < 4.78 is 78.1. The summed E-state index contributed by atoms with van der Waals surface area (Å²) in [5.74, 6) is 0. The van der Waals surface area contributed by atoms with E-state index in [9.17, 15) is 51.9 Å². The molecule has 0 bridgehead atoms. The van der Waals surface area contributed by atoms with Crippen LogP contribution in [-0.2, 0) is 25.2 Å². The van der Waals surface area contributed by atoms with Crippen molar-refractivity contribution in [1.82, 2.24) is 0 Å². The third-order valence-electron chi connectivity index (χ3n) is 5.49. The Kier molecular flexibility index (Phi) is 10.5. The predicted molar refractivity (Wildman–Crippen MR) is 119 cm³/mol. The Labute approximate surface area is 208 Å². The SMILES string of the molecule is OC[C@H](O)[C@@H](O)[C@H](O)[C@H](O)C(O)C(=C=CCc1cccc(C(F)(F)F)c1)Cc1cccc(C(F)(F)F)c1. The fourth-order valence-corrected chi connectivity index (χ4v) is 3.42. The van der Waals surface area contributed by atoms with Crippen molar-refractivity contribution in [1.29, 1.82) is 0 Å². The normalized spacial score (nSPS) is 16.3. The van der Waals surface area contributed by atoms with Gasteiger partial charge in [0.15, 0.2) is 0 Å². The van der Waals surface area contributed by atoms with Crippen LogP contribution in [0.25, 0.3) is 0 Å². The van der Waals surface area contributed by atoms with Crippen LogP contribution in [0.15, 0.2) is 65.9 Å². The number of alkyl halides is 6. The second-order valence-electron chi connectivity index (χ2n) is 8.32. The average molecular weight is 536 g/mol. The lowest BCUT2D eigenvalue weighted by Gasteiger charge is -2.29. The molecule has 0 aromatic heterocycles. The molecule has 0 saturated carbocycles. The zero-order valence-corrected chi connectivity index (χ0v) is 19.2. The van der Waals surface area contributed by atoms with E-state index >= 15 is 0 Å². The van der Waals surface area contributed by atoms with Crippen LogP contribution < -0.4 is 0 Å². The third kappa shape index (κ3) is 8.68. The van der Waals surface area contributed by atoms with E-state index in [0.29, 0.717) is 0 Å². The summed E-state index contributed by atoms with van der Waals surface area (Å²) in [5, 5.41) is 59.3. The Morgan fingerprint density at radius 3 is 1.78 bits per heavy atom. The Hall–Kier alpha value is -2.70. The van der Waals surface area contributed by atoms with Crippen molar-refractivity contribution in [2.75, 3.05) is 6.61 Å². The summed E-state index contributed by atoms with van der Waals surface area (Å²) in [6.07, 6.45) is -18.9. The summed E-state index contributed by atoms with van der Waals surface area (Å²) in [6.45, 7) is -0.981. The Morgan fingerprint density at radius 1 is 0.757 bits per heavy atom. The molecule has 0 heterocycles. The van der Waals surface area contributed by atoms with Gasteiger partial charge in [-0.25, -0.2) is 0 Å². The first-order chi connectivity index (χ1) is 17.1. The van der Waals surface area contributed by atoms with Crippen LogP contribution in [-0.4, -0.2) is 67.8 Å². The molecule has 0 spiro atoms. The number of halogens is 6. The van der Waals surface area contributed by atoms with Gasteiger partial charge in [-0.15, -0.1) is 5.73 Å². The van der Waals surface area contributed by atoms with Gasteiger partial charge in [0.05, 0.1) is 17.7 Å². The van der Waals surface area contributed by atoms with Gasteiger partial charge in [0.2, 0.25) is 0 Å². The van der Waals surface area contributed by atoms with E-state index in [4.69, 9.17) is 5.11 Å². The molecule has 0 radical (unpaired) electrons. The molecule has 0 amide bonds. The van der Waals surface area contributed by atoms with E-state index in [2.05, 4.69) is 5.73 Å². The van der Waals surface area contributed by atoms with Crippen LogP contribution in [0.5, 0.6) is 0 Å². The van der Waals surface area contributed by atoms with Gasteiger partial charge in [0, 0.05) is 12.0 Å². The van der Waals surface area contributed by atoms with Crippen molar-refractivity contribution in [3.63, 3.8) is 0 Å². The maximum absolute atomic E-state index is 13.1. The molecular formula is C25H26F6O6. The topological polar surface area (TPSA) is 121 Å². The molecule has 37 heavy (non-hydrogen) atoms. The van der Waals surface area contributed by atoms with Gasteiger partial charge >= 0.3 is 12.4 Å². The second-order valence-corrected chi connectivity index (χ2v) is 8.32. The lowest BCUT2D eigenvalue weighted by molar-refractivity contribution is -0.138. The predicted octanol–water partition coefficient (Wildman–Crippen LogP) is 2.39. The molecule has 1 unspecified atom stereocenters. The maximum atomic E-state index is 13.1. The van der Waals surface area contributed by atoms with E-state index in [1.54, 1.807) is 0 Å². The monoisotopic (exact) mass is 536 g/mol. The maximum Gasteiger partial charge on any atom is 0.416 e. The van der Waals surface area contributed by atoms with Crippen LogP contribution in [0.3, 0.4) is 0 Å². The van der Waals surface area contributed by atoms with Crippen molar-refractivity contribution >= 4 is 0 Å². The summed E-state index contributed by atoms with van der Waals surface area (Å²) in [6, 6.07) is 8.34. The third-order valence-corrected chi connectivity index (χ3v) is 5.49. The van der Waals surface area contributed by atoms with Gasteiger partial charge in [-0.3, -0.25) is 0 Å². The van der Waals surface area contributed by atoms with Gasteiger partial charge in [-0.05, 0) is 35.8 Å². The standard InChI is InChI=1S/C25H26F6O6/c26-24(27,28)17-8-2-5-14(11-17)4-1-7-16(10-15-6-3-9-18(12-15)25(29,30)31)20(34)22(36)23(37)21(35)19(33)13-32/h1-3,5-6,8-9,11-12,19-23,32-37H,4,10,13H2/t7?,19-,20?,21+,22+,23-/m0/s1. The van der Waals surface area contributed by atoms with Crippen LogP contribution in [0.2, 0.25) is 0 Å². The molecule has 6 N–H and O–H groups in total. The molecule has 5 atom stereocenters. The lowest BCUT2D eigenvalue weighted by atomic mass is 9.91. The summed E-state index contributed by atoms with van der Waals surface area (Å²) >= 11 is 0. The minimum absolute atomic E-state index is 0.0291. The van der Waals surface area contributed by atoms with Gasteiger partial charge < -0.3 is 30.6 Å². The number of aliphatic hydroxyl groups excluding tert-OH is 6. The molecule has 0 aliphatic heterocycles. The Morgan fingerprint density at radius 2 is 1.27 bits per heavy atom. The zero-order valence-electron chi connectivity index (χ0n) is 19.2. The van der Waals surface area contributed by atoms with E-state index in [1.807, 2.05) is 0 Å². The first-order valence-electron chi connectivity index (χ1n) is 10.9. The lowest BCUT2D eigenvalue weighted by Crippen LogP contribution is -2.50. The molecule has 2 rings (SSSR count). The second kappa shape index (κ2) is 12.7. The highest BCUT2D eigenvalue weighted by atomic mass is 19.4. The molecule has 6 nitrogen and oxygen atoms in total. The smallest absolute Gasteiger partial charge is 0.394 e. The van der Waals surface area contributed by atoms with E-state index in [1.165, 1.54) is 24.3 Å². The molecule has 204 valence electrons. The van der Waals surface area contributed by atoms with Crippen molar-refractivity contribution in [3.05, 3.63) is 88.2 Å². The van der Waals surface area contributed by atoms with Crippen LogP contribution in [0.1, 0.15) is 22.3 Å². The van der Waals surface area contributed by atoms with Crippen LogP contribution in [0.4, 0.5) is 26.3 Å². The average Bonchev–Trinajstić information content (AvgIpc) is 2.85. The molecule has 2 aromatic carbocycles.